The third-order valence-corrected chi connectivity index (χ3v) is 6.83. The first-order chi connectivity index (χ1) is 17.4. The predicted molar refractivity (Wildman–Crippen MR) is 150 cm³/mol. The third kappa shape index (κ3) is 5.67. The van der Waals surface area contributed by atoms with Crippen LogP contribution in [0.3, 0.4) is 0 Å². The zero-order valence-electron chi connectivity index (χ0n) is 20.7. The molecule has 6 nitrogen and oxygen atoms in total. The molecule has 4 aromatic rings. The highest BCUT2D eigenvalue weighted by molar-refractivity contribution is 6.39. The summed E-state index contributed by atoms with van der Waals surface area (Å²) in [7, 11) is 0. The second-order valence-corrected chi connectivity index (χ2v) is 9.18. The van der Waals surface area contributed by atoms with E-state index in [0.29, 0.717) is 40.1 Å². The number of rotatable bonds is 10. The maximum absolute atomic E-state index is 13.4. The Morgan fingerprint density at radius 1 is 1.00 bits per heavy atom. The Hall–Kier alpha value is -3.06. The molecule has 0 saturated heterocycles. The second kappa shape index (κ2) is 11.8. The Morgan fingerprint density at radius 2 is 1.72 bits per heavy atom. The lowest BCUT2D eigenvalue weighted by Crippen LogP contribution is -2.27. The summed E-state index contributed by atoms with van der Waals surface area (Å²) in [4.78, 5) is 20.3. The van der Waals surface area contributed by atoms with Crippen LogP contribution < -0.4 is 15.6 Å². The Morgan fingerprint density at radius 3 is 2.42 bits per heavy atom. The molecule has 0 aliphatic heterocycles. The van der Waals surface area contributed by atoms with Crippen LogP contribution in [0, 0.1) is 0 Å². The van der Waals surface area contributed by atoms with Gasteiger partial charge in [-0.3, -0.25) is 4.79 Å². The minimum atomic E-state index is -0.152. The van der Waals surface area contributed by atoms with Crippen molar-refractivity contribution >= 4 is 45.6 Å². The predicted octanol–water partition coefficient (Wildman–Crippen LogP) is 6.85. The van der Waals surface area contributed by atoms with Crippen molar-refractivity contribution in [3.05, 3.63) is 81.2 Å². The fourth-order valence-electron chi connectivity index (χ4n) is 4.23. The summed E-state index contributed by atoms with van der Waals surface area (Å²) in [5, 5.41) is 5.03. The van der Waals surface area contributed by atoms with E-state index in [1.165, 1.54) is 0 Å². The maximum atomic E-state index is 13.4. The second-order valence-electron chi connectivity index (χ2n) is 8.36. The molecule has 0 bridgehead atoms. The molecule has 4 rings (SSSR count). The fourth-order valence-corrected chi connectivity index (χ4v) is 4.83. The smallest absolute Gasteiger partial charge is 0.259 e. The van der Waals surface area contributed by atoms with Crippen molar-refractivity contribution in [2.75, 3.05) is 31.6 Å². The zero-order chi connectivity index (χ0) is 25.7. The Bertz CT molecular complexity index is 1400. The van der Waals surface area contributed by atoms with Crippen LogP contribution in [-0.2, 0) is 6.54 Å². The molecular formula is C28H30Cl2N4O2. The lowest BCUT2D eigenvalue weighted by molar-refractivity contribution is 0.223. The average Bonchev–Trinajstić information content (AvgIpc) is 2.87. The van der Waals surface area contributed by atoms with E-state index in [2.05, 4.69) is 29.0 Å². The van der Waals surface area contributed by atoms with E-state index in [0.717, 1.165) is 42.0 Å². The van der Waals surface area contributed by atoms with Gasteiger partial charge in [-0.1, -0.05) is 49.2 Å². The van der Waals surface area contributed by atoms with Crippen LogP contribution in [0.1, 0.15) is 20.8 Å². The number of nitrogens with zero attached hydrogens (tertiary/aromatic N) is 3. The van der Waals surface area contributed by atoms with Crippen LogP contribution in [0.15, 0.2) is 65.6 Å². The Kier molecular flexibility index (Phi) is 8.52. The Labute approximate surface area is 221 Å². The highest BCUT2D eigenvalue weighted by atomic mass is 35.5. The molecule has 8 heteroatoms. The molecule has 0 fully saturated rings. The number of ether oxygens (including phenoxy) is 1. The molecule has 0 atom stereocenters. The van der Waals surface area contributed by atoms with Gasteiger partial charge in [0.25, 0.3) is 5.56 Å². The summed E-state index contributed by atoms with van der Waals surface area (Å²) in [6.07, 6.45) is 1.75. The van der Waals surface area contributed by atoms with Crippen molar-refractivity contribution in [1.82, 2.24) is 14.5 Å². The molecule has 2 heterocycles. The molecule has 2 aromatic carbocycles. The van der Waals surface area contributed by atoms with Gasteiger partial charge >= 0.3 is 0 Å². The van der Waals surface area contributed by atoms with Crippen molar-refractivity contribution in [1.29, 1.82) is 0 Å². The van der Waals surface area contributed by atoms with E-state index in [9.17, 15) is 4.79 Å². The molecule has 0 aliphatic carbocycles. The first-order valence-electron chi connectivity index (χ1n) is 12.1. The number of pyridine rings is 2. The summed E-state index contributed by atoms with van der Waals surface area (Å²) in [6.45, 7) is 10.2. The first kappa shape index (κ1) is 26.0. The third-order valence-electron chi connectivity index (χ3n) is 6.20. The van der Waals surface area contributed by atoms with Crippen LogP contribution in [0.4, 0.5) is 11.5 Å². The number of hydrogen-bond acceptors (Lipinski definition) is 5. The van der Waals surface area contributed by atoms with Crippen molar-refractivity contribution < 1.29 is 4.74 Å². The zero-order valence-corrected chi connectivity index (χ0v) is 22.2. The lowest BCUT2D eigenvalue weighted by Gasteiger charge is -2.18. The van der Waals surface area contributed by atoms with Gasteiger partial charge in [-0.2, -0.15) is 0 Å². The topological polar surface area (TPSA) is 59.4 Å². The lowest BCUT2D eigenvalue weighted by atomic mass is 10.0. The fraction of sp³-hybridized carbons (Fsp3) is 0.286. The summed E-state index contributed by atoms with van der Waals surface area (Å²) >= 11 is 12.8. The van der Waals surface area contributed by atoms with Crippen LogP contribution in [0.5, 0.6) is 5.75 Å². The van der Waals surface area contributed by atoms with Gasteiger partial charge in [-0.25, -0.2) is 4.98 Å². The average molecular weight is 525 g/mol. The van der Waals surface area contributed by atoms with Crippen molar-refractivity contribution in [3.8, 4) is 16.9 Å². The number of fused-ring (bicyclic) bond motifs is 1. The minimum Gasteiger partial charge on any atom is -0.492 e. The quantitative estimate of drug-likeness (QED) is 0.245. The summed E-state index contributed by atoms with van der Waals surface area (Å²) in [6, 6.07) is 16.7. The molecular weight excluding hydrogens is 495 g/mol. The van der Waals surface area contributed by atoms with Gasteiger partial charge < -0.3 is 19.5 Å². The van der Waals surface area contributed by atoms with E-state index in [1.54, 1.807) is 35.0 Å². The number of aromatic nitrogens is 2. The molecule has 1 N–H and O–H groups in total. The van der Waals surface area contributed by atoms with Gasteiger partial charge in [0, 0.05) is 48.1 Å². The SMILES string of the molecule is CCN(CC)CCOc1cccc(Nc2cc3c(cn2)cc(-c2c(Cl)cccc2Cl)c(=O)n3CC)c1. The van der Waals surface area contributed by atoms with Gasteiger partial charge in [0.15, 0.2) is 0 Å². The first-order valence-corrected chi connectivity index (χ1v) is 12.9. The normalized spacial score (nSPS) is 11.3. The van der Waals surface area contributed by atoms with E-state index in [4.69, 9.17) is 27.9 Å². The number of likely N-dealkylation sites (N-methyl/N-ethyl adjacent to an activating group) is 1. The van der Waals surface area contributed by atoms with Gasteiger partial charge in [0.1, 0.15) is 18.2 Å². The van der Waals surface area contributed by atoms with Crippen LogP contribution in [-0.4, -0.2) is 40.7 Å². The van der Waals surface area contributed by atoms with Gasteiger partial charge in [0.05, 0.1) is 21.1 Å². The molecule has 0 spiro atoms. The van der Waals surface area contributed by atoms with Crippen LogP contribution in [0.2, 0.25) is 10.0 Å². The number of hydrogen-bond donors (Lipinski definition) is 1. The molecule has 0 unspecified atom stereocenters. The molecule has 0 aliphatic rings. The van der Waals surface area contributed by atoms with E-state index >= 15 is 0 Å². The van der Waals surface area contributed by atoms with Crippen LogP contribution in [0.25, 0.3) is 22.0 Å². The highest BCUT2D eigenvalue weighted by Gasteiger charge is 2.16. The van der Waals surface area contributed by atoms with Gasteiger partial charge in [-0.05, 0) is 50.3 Å². The molecule has 188 valence electrons. The maximum Gasteiger partial charge on any atom is 0.259 e. The van der Waals surface area contributed by atoms with Crippen LogP contribution >= 0.6 is 23.2 Å². The number of halogens is 2. The molecule has 0 saturated carbocycles. The molecule has 0 amide bonds. The van der Waals surface area contributed by atoms with Crippen molar-refractivity contribution in [2.24, 2.45) is 0 Å². The van der Waals surface area contributed by atoms with E-state index in [-0.39, 0.29) is 5.56 Å². The molecule has 2 aromatic heterocycles. The molecule has 0 radical (unpaired) electrons. The highest BCUT2D eigenvalue weighted by Crippen LogP contribution is 2.34. The van der Waals surface area contributed by atoms with Crippen molar-refractivity contribution in [2.45, 2.75) is 27.3 Å². The van der Waals surface area contributed by atoms with Gasteiger partial charge in [0.2, 0.25) is 0 Å². The number of anilines is 2. The van der Waals surface area contributed by atoms with E-state index in [1.807, 2.05) is 37.3 Å². The Balaban J connectivity index is 1.62. The monoisotopic (exact) mass is 524 g/mol. The summed E-state index contributed by atoms with van der Waals surface area (Å²) in [5.74, 6) is 1.42. The minimum absolute atomic E-state index is 0.152. The van der Waals surface area contributed by atoms with Gasteiger partial charge in [-0.15, -0.1) is 0 Å². The standard InChI is InChI=1S/C28H30Cl2N4O2/c1-4-33(5-2)13-14-36-21-10-7-9-20(16-21)32-26-17-25-19(18-31-26)15-22(28(35)34(25)6-3)27-23(29)11-8-12-24(27)30/h7-12,15-18H,4-6,13-14H2,1-3H3,(H,31,32). The van der Waals surface area contributed by atoms with Crippen molar-refractivity contribution in [3.63, 3.8) is 0 Å². The number of aryl methyl sites for hydroxylation is 1. The summed E-state index contributed by atoms with van der Waals surface area (Å²) in [5.41, 5.74) is 2.47. The molecule has 36 heavy (non-hydrogen) atoms. The summed E-state index contributed by atoms with van der Waals surface area (Å²) < 4.78 is 7.66. The largest absolute Gasteiger partial charge is 0.492 e. The number of benzene rings is 2. The van der Waals surface area contributed by atoms with E-state index < -0.39 is 0 Å². The number of nitrogens with one attached hydrogen (secondary N) is 1.